The average molecular weight is 294 g/mol. The van der Waals surface area contributed by atoms with E-state index in [4.69, 9.17) is 4.74 Å². The molecule has 2 heterocycles. The molecular weight excluding hydrogens is 264 g/mol. The lowest BCUT2D eigenvalue weighted by molar-refractivity contribution is 0.199. The minimum absolute atomic E-state index is 0.591. The third kappa shape index (κ3) is 3.77. The molecule has 1 aromatic heterocycles. The summed E-state index contributed by atoms with van der Waals surface area (Å²) in [7, 11) is 3.80. The van der Waals surface area contributed by atoms with Crippen molar-refractivity contribution in [1.29, 1.82) is 0 Å². The van der Waals surface area contributed by atoms with E-state index < -0.39 is 0 Å². The number of nitrogens with zero attached hydrogens (tertiary/aromatic N) is 3. The number of nitrogens with one attached hydrogen (secondary N) is 1. The maximum Gasteiger partial charge on any atom is 0.131 e. The summed E-state index contributed by atoms with van der Waals surface area (Å²) in [6.07, 6.45) is 2.60. The maximum atomic E-state index is 5.10. The van der Waals surface area contributed by atoms with Crippen LogP contribution in [0.1, 0.15) is 37.9 Å². The van der Waals surface area contributed by atoms with Gasteiger partial charge < -0.3 is 15.0 Å². The van der Waals surface area contributed by atoms with Crippen molar-refractivity contribution in [3.63, 3.8) is 0 Å². The van der Waals surface area contributed by atoms with Gasteiger partial charge in [0.1, 0.15) is 5.82 Å². The lowest BCUT2D eigenvalue weighted by atomic mass is 9.94. The fourth-order valence-electron chi connectivity index (χ4n) is 3.23. The van der Waals surface area contributed by atoms with E-state index in [1.54, 1.807) is 7.11 Å². The third-order valence-electron chi connectivity index (χ3n) is 4.49. The summed E-state index contributed by atoms with van der Waals surface area (Å²) in [5.74, 6) is 2.04. The molecule has 1 fully saturated rings. The van der Waals surface area contributed by atoms with Crippen LogP contribution in [0.4, 0.5) is 5.82 Å². The van der Waals surface area contributed by atoms with Crippen molar-refractivity contribution < 1.29 is 4.74 Å². The summed E-state index contributed by atoms with van der Waals surface area (Å²) in [5, 5.41) is 8.11. The smallest absolute Gasteiger partial charge is 0.131 e. The van der Waals surface area contributed by atoms with Crippen LogP contribution in [0, 0.1) is 12.8 Å². The van der Waals surface area contributed by atoms with E-state index >= 15 is 0 Å². The van der Waals surface area contributed by atoms with Gasteiger partial charge in [-0.05, 0) is 32.6 Å². The van der Waals surface area contributed by atoms with Gasteiger partial charge >= 0.3 is 0 Å². The van der Waals surface area contributed by atoms with Crippen molar-refractivity contribution in [2.45, 2.75) is 46.2 Å². The zero-order valence-corrected chi connectivity index (χ0v) is 14.1. The second-order valence-electron chi connectivity index (χ2n) is 6.36. The van der Waals surface area contributed by atoms with Crippen LogP contribution in [0.2, 0.25) is 0 Å². The van der Waals surface area contributed by atoms with Gasteiger partial charge in [0.05, 0.1) is 12.3 Å². The number of rotatable bonds is 6. The minimum Gasteiger partial charge on any atom is -0.383 e. The highest BCUT2D eigenvalue weighted by Gasteiger charge is 2.28. The van der Waals surface area contributed by atoms with E-state index in [2.05, 4.69) is 47.8 Å². The first-order valence-corrected chi connectivity index (χ1v) is 8.03. The lowest BCUT2D eigenvalue weighted by Gasteiger charge is -2.39. The van der Waals surface area contributed by atoms with Crippen LogP contribution in [-0.4, -0.2) is 42.6 Å². The van der Waals surface area contributed by atoms with E-state index in [-0.39, 0.29) is 0 Å². The number of piperidine rings is 1. The van der Waals surface area contributed by atoms with Gasteiger partial charge in [-0.3, -0.25) is 4.68 Å². The molecule has 0 aliphatic carbocycles. The Kier molecular flexibility index (Phi) is 5.65. The van der Waals surface area contributed by atoms with Crippen LogP contribution in [0.3, 0.4) is 0 Å². The van der Waals surface area contributed by atoms with E-state index in [0.717, 1.165) is 37.9 Å². The minimum atomic E-state index is 0.591. The molecule has 21 heavy (non-hydrogen) atoms. The molecule has 1 N–H and O–H groups in total. The Labute approximate surface area is 128 Å². The Hall–Kier alpha value is -1.07. The Morgan fingerprint density at radius 1 is 1.33 bits per heavy atom. The molecular formula is C16H30N4O. The summed E-state index contributed by atoms with van der Waals surface area (Å²) in [6, 6.07) is 0.591. The molecule has 0 bridgehead atoms. The molecule has 5 nitrogen and oxygen atoms in total. The second-order valence-corrected chi connectivity index (χ2v) is 6.36. The largest absolute Gasteiger partial charge is 0.383 e. The Bertz CT molecular complexity index is 457. The van der Waals surface area contributed by atoms with Crippen LogP contribution in [0.15, 0.2) is 0 Å². The molecule has 2 rings (SSSR count). The molecule has 1 aliphatic heterocycles. The molecule has 1 aromatic rings. The van der Waals surface area contributed by atoms with E-state index in [9.17, 15) is 0 Å². The van der Waals surface area contributed by atoms with Gasteiger partial charge in [-0.2, -0.15) is 5.10 Å². The van der Waals surface area contributed by atoms with Crippen LogP contribution in [0.5, 0.6) is 0 Å². The van der Waals surface area contributed by atoms with Gasteiger partial charge in [-0.25, -0.2) is 0 Å². The number of anilines is 1. The molecule has 0 saturated carbocycles. The molecule has 120 valence electrons. The molecule has 5 heteroatoms. The van der Waals surface area contributed by atoms with E-state index in [0.29, 0.717) is 6.04 Å². The number of aromatic nitrogens is 2. The summed E-state index contributed by atoms with van der Waals surface area (Å²) < 4.78 is 7.15. The van der Waals surface area contributed by atoms with Crippen molar-refractivity contribution >= 4 is 5.82 Å². The highest BCUT2D eigenvalue weighted by molar-refractivity contribution is 5.51. The SMILES string of the molecule is COCCNCc1c(C)nn(C)c1N1CC(C)CCC1C. The first-order valence-electron chi connectivity index (χ1n) is 8.03. The molecule has 0 radical (unpaired) electrons. The summed E-state index contributed by atoms with van der Waals surface area (Å²) in [6.45, 7) is 10.4. The van der Waals surface area contributed by atoms with Crippen molar-refractivity contribution in [3.05, 3.63) is 11.3 Å². The molecule has 0 spiro atoms. The van der Waals surface area contributed by atoms with Gasteiger partial charge in [0, 0.05) is 45.4 Å². The molecule has 1 aliphatic rings. The van der Waals surface area contributed by atoms with Crippen molar-refractivity contribution in [3.8, 4) is 0 Å². The van der Waals surface area contributed by atoms with Gasteiger partial charge in [-0.1, -0.05) is 6.92 Å². The van der Waals surface area contributed by atoms with Crippen molar-refractivity contribution in [1.82, 2.24) is 15.1 Å². The van der Waals surface area contributed by atoms with Gasteiger partial charge in [0.15, 0.2) is 0 Å². The van der Waals surface area contributed by atoms with E-state index in [1.807, 2.05) is 0 Å². The molecule has 1 saturated heterocycles. The predicted molar refractivity (Wildman–Crippen MR) is 86.7 cm³/mol. The zero-order chi connectivity index (χ0) is 15.4. The first-order chi connectivity index (χ1) is 10.0. The Balaban J connectivity index is 2.17. The maximum absolute atomic E-state index is 5.10. The third-order valence-corrected chi connectivity index (χ3v) is 4.49. The van der Waals surface area contributed by atoms with Crippen LogP contribution in [0.25, 0.3) is 0 Å². The van der Waals surface area contributed by atoms with Gasteiger partial charge in [-0.15, -0.1) is 0 Å². The fourth-order valence-corrected chi connectivity index (χ4v) is 3.23. The number of methoxy groups -OCH3 is 1. The first kappa shape index (κ1) is 16.3. The van der Waals surface area contributed by atoms with Crippen LogP contribution in [-0.2, 0) is 18.3 Å². The monoisotopic (exact) mass is 294 g/mol. The van der Waals surface area contributed by atoms with Crippen LogP contribution < -0.4 is 10.2 Å². The molecule has 2 atom stereocenters. The van der Waals surface area contributed by atoms with Crippen molar-refractivity contribution in [2.75, 3.05) is 31.7 Å². The number of ether oxygens (including phenoxy) is 1. The summed E-state index contributed by atoms with van der Waals surface area (Å²) in [5.41, 5.74) is 2.46. The highest BCUT2D eigenvalue weighted by atomic mass is 16.5. The van der Waals surface area contributed by atoms with E-state index in [1.165, 1.54) is 24.2 Å². The van der Waals surface area contributed by atoms with Crippen LogP contribution >= 0.6 is 0 Å². The molecule has 0 aromatic carbocycles. The number of aryl methyl sites for hydroxylation is 2. The fraction of sp³-hybridized carbons (Fsp3) is 0.812. The average Bonchev–Trinajstić information content (AvgIpc) is 2.72. The normalized spacial score (nSPS) is 22.8. The standard InChI is InChI=1S/C16H30N4O/c1-12-6-7-13(2)20(11-12)16-15(10-17-8-9-21-5)14(3)18-19(16)4/h12-13,17H,6-11H2,1-5H3. The topological polar surface area (TPSA) is 42.3 Å². The zero-order valence-electron chi connectivity index (χ0n) is 14.1. The lowest BCUT2D eigenvalue weighted by Crippen LogP contribution is -2.42. The van der Waals surface area contributed by atoms with Gasteiger partial charge in [0.2, 0.25) is 0 Å². The summed E-state index contributed by atoms with van der Waals surface area (Å²) in [4.78, 5) is 2.54. The highest BCUT2D eigenvalue weighted by Crippen LogP contribution is 2.31. The predicted octanol–water partition coefficient (Wildman–Crippen LogP) is 2.09. The van der Waals surface area contributed by atoms with Gasteiger partial charge in [0.25, 0.3) is 0 Å². The Morgan fingerprint density at radius 3 is 2.81 bits per heavy atom. The van der Waals surface area contributed by atoms with Crippen molar-refractivity contribution in [2.24, 2.45) is 13.0 Å². The Morgan fingerprint density at radius 2 is 2.10 bits per heavy atom. The number of hydrogen-bond donors (Lipinski definition) is 1. The number of hydrogen-bond acceptors (Lipinski definition) is 4. The molecule has 0 amide bonds. The molecule has 2 unspecified atom stereocenters. The second kappa shape index (κ2) is 7.27. The quantitative estimate of drug-likeness (QED) is 0.816. The summed E-state index contributed by atoms with van der Waals surface area (Å²) >= 11 is 0.